The Balaban J connectivity index is 2.05. The number of carbonyl (C=O) groups excluding carboxylic acids is 2. The summed E-state index contributed by atoms with van der Waals surface area (Å²) in [5.74, 6) is -1.48. The van der Waals surface area contributed by atoms with Gasteiger partial charge in [-0.15, -0.1) is 0 Å². The third kappa shape index (κ3) is 3.50. The molecule has 2 rings (SSSR count). The molecule has 1 aliphatic rings. The Morgan fingerprint density at radius 1 is 1.29 bits per heavy atom. The molecule has 1 aromatic heterocycles. The fourth-order valence-electron chi connectivity index (χ4n) is 2.42. The molecular formula is C13H14F3N3O2. The highest BCUT2D eigenvalue weighted by Gasteiger charge is 2.34. The molecule has 0 aliphatic heterocycles. The minimum absolute atomic E-state index is 0.0121. The molecule has 5 nitrogen and oxygen atoms in total. The number of carbonyl (C=O) groups is 2. The van der Waals surface area contributed by atoms with E-state index < -0.39 is 29.6 Å². The minimum Gasteiger partial charge on any atom is -0.369 e. The van der Waals surface area contributed by atoms with Gasteiger partial charge in [0.25, 0.3) is 5.91 Å². The predicted molar refractivity (Wildman–Crippen MR) is 67.0 cm³/mol. The molecule has 0 unspecified atom stereocenters. The lowest BCUT2D eigenvalue weighted by atomic mass is 10.0. The summed E-state index contributed by atoms with van der Waals surface area (Å²) < 4.78 is 37.1. The van der Waals surface area contributed by atoms with Crippen LogP contribution in [0.3, 0.4) is 0 Å². The maximum atomic E-state index is 12.4. The van der Waals surface area contributed by atoms with Crippen molar-refractivity contribution in [1.82, 2.24) is 10.3 Å². The van der Waals surface area contributed by atoms with Crippen molar-refractivity contribution in [2.24, 2.45) is 11.7 Å². The molecule has 114 valence electrons. The normalized spacial score (nSPS) is 22.0. The van der Waals surface area contributed by atoms with Crippen molar-refractivity contribution in [3.8, 4) is 0 Å². The second-order valence-electron chi connectivity index (χ2n) is 4.95. The molecule has 2 amide bonds. The standard InChI is InChI=1S/C13H14F3N3O2/c14-13(15,16)10-5-4-7(6-18-10)12(21)19-9-3-1-2-8(9)11(17)20/h4-6,8-9H,1-3H2,(H2,17,20)(H,19,21)/t8-,9+/m1/s1. The summed E-state index contributed by atoms with van der Waals surface area (Å²) in [5.41, 5.74) is 4.19. The molecule has 0 radical (unpaired) electrons. The van der Waals surface area contributed by atoms with E-state index in [1.807, 2.05) is 0 Å². The first-order valence-electron chi connectivity index (χ1n) is 6.42. The van der Waals surface area contributed by atoms with E-state index in [1.54, 1.807) is 0 Å². The molecule has 2 atom stereocenters. The zero-order chi connectivity index (χ0) is 15.6. The number of pyridine rings is 1. The molecule has 1 heterocycles. The monoisotopic (exact) mass is 301 g/mol. The molecule has 1 saturated carbocycles. The number of primary amides is 1. The van der Waals surface area contributed by atoms with Crippen LogP contribution in [0, 0.1) is 5.92 Å². The highest BCUT2D eigenvalue weighted by Crippen LogP contribution is 2.28. The van der Waals surface area contributed by atoms with Crippen LogP contribution in [0.5, 0.6) is 0 Å². The summed E-state index contributed by atoms with van der Waals surface area (Å²) in [5, 5.41) is 2.62. The Labute approximate surface area is 118 Å². The average Bonchev–Trinajstić information content (AvgIpc) is 2.86. The lowest BCUT2D eigenvalue weighted by Gasteiger charge is -2.18. The van der Waals surface area contributed by atoms with Crippen LogP contribution in [0.25, 0.3) is 0 Å². The van der Waals surface area contributed by atoms with Gasteiger partial charge >= 0.3 is 6.18 Å². The van der Waals surface area contributed by atoms with Crippen molar-refractivity contribution < 1.29 is 22.8 Å². The fraction of sp³-hybridized carbons (Fsp3) is 0.462. The van der Waals surface area contributed by atoms with Crippen LogP contribution < -0.4 is 11.1 Å². The lowest BCUT2D eigenvalue weighted by molar-refractivity contribution is -0.141. The van der Waals surface area contributed by atoms with Gasteiger partial charge in [0.1, 0.15) is 5.69 Å². The number of alkyl halides is 3. The van der Waals surface area contributed by atoms with E-state index in [9.17, 15) is 22.8 Å². The lowest BCUT2D eigenvalue weighted by Crippen LogP contribution is -2.42. The van der Waals surface area contributed by atoms with Crippen LogP contribution in [0.4, 0.5) is 13.2 Å². The number of aromatic nitrogens is 1. The first-order chi connectivity index (χ1) is 9.79. The number of hydrogen-bond donors (Lipinski definition) is 2. The molecule has 8 heteroatoms. The number of nitrogens with one attached hydrogen (secondary N) is 1. The molecule has 0 bridgehead atoms. The number of nitrogens with two attached hydrogens (primary N) is 1. The zero-order valence-corrected chi connectivity index (χ0v) is 11.0. The predicted octanol–water partition coefficient (Wildman–Crippen LogP) is 1.48. The summed E-state index contributed by atoms with van der Waals surface area (Å²) in [6, 6.07) is 1.42. The smallest absolute Gasteiger partial charge is 0.369 e. The van der Waals surface area contributed by atoms with Crippen molar-refractivity contribution in [2.75, 3.05) is 0 Å². The molecule has 0 spiro atoms. The maximum Gasteiger partial charge on any atom is 0.433 e. The van der Waals surface area contributed by atoms with Crippen LogP contribution in [0.15, 0.2) is 18.3 Å². The summed E-state index contributed by atoms with van der Waals surface area (Å²) in [7, 11) is 0. The molecule has 1 aliphatic carbocycles. The minimum atomic E-state index is -4.54. The van der Waals surface area contributed by atoms with Crippen molar-refractivity contribution in [1.29, 1.82) is 0 Å². The van der Waals surface area contributed by atoms with E-state index >= 15 is 0 Å². The quantitative estimate of drug-likeness (QED) is 0.887. The summed E-state index contributed by atoms with van der Waals surface area (Å²) in [6.07, 6.45) is -1.69. The zero-order valence-electron chi connectivity index (χ0n) is 11.0. The van der Waals surface area contributed by atoms with E-state index in [0.29, 0.717) is 12.8 Å². The first-order valence-corrected chi connectivity index (χ1v) is 6.42. The Bertz CT molecular complexity index is 543. The fourth-order valence-corrected chi connectivity index (χ4v) is 2.42. The number of nitrogens with zero attached hydrogens (tertiary/aromatic N) is 1. The molecule has 0 aromatic carbocycles. The van der Waals surface area contributed by atoms with E-state index in [2.05, 4.69) is 10.3 Å². The van der Waals surface area contributed by atoms with Gasteiger partial charge in [0.15, 0.2) is 0 Å². The second-order valence-corrected chi connectivity index (χ2v) is 4.95. The van der Waals surface area contributed by atoms with Gasteiger partial charge < -0.3 is 11.1 Å². The topological polar surface area (TPSA) is 85.1 Å². The van der Waals surface area contributed by atoms with Crippen LogP contribution >= 0.6 is 0 Å². The van der Waals surface area contributed by atoms with E-state index in [1.165, 1.54) is 0 Å². The third-order valence-electron chi connectivity index (χ3n) is 3.51. The molecule has 21 heavy (non-hydrogen) atoms. The van der Waals surface area contributed by atoms with Crippen LogP contribution in [0.1, 0.15) is 35.3 Å². The molecule has 1 fully saturated rings. The van der Waals surface area contributed by atoms with Crippen molar-refractivity contribution in [3.63, 3.8) is 0 Å². The number of halogens is 3. The molecule has 1 aromatic rings. The SMILES string of the molecule is NC(=O)[C@@H]1CCC[C@@H]1NC(=O)c1ccc(C(F)(F)F)nc1. The van der Waals surface area contributed by atoms with Gasteiger partial charge in [-0.3, -0.25) is 14.6 Å². The van der Waals surface area contributed by atoms with E-state index in [4.69, 9.17) is 5.73 Å². The van der Waals surface area contributed by atoms with E-state index in [0.717, 1.165) is 24.8 Å². The van der Waals surface area contributed by atoms with Gasteiger partial charge in [-0.05, 0) is 25.0 Å². The van der Waals surface area contributed by atoms with Crippen molar-refractivity contribution in [3.05, 3.63) is 29.6 Å². The highest BCUT2D eigenvalue weighted by atomic mass is 19.4. The van der Waals surface area contributed by atoms with Crippen LogP contribution in [-0.2, 0) is 11.0 Å². The Morgan fingerprint density at radius 3 is 2.52 bits per heavy atom. The van der Waals surface area contributed by atoms with Gasteiger partial charge in [-0.25, -0.2) is 0 Å². The third-order valence-corrected chi connectivity index (χ3v) is 3.51. The Morgan fingerprint density at radius 2 is 2.00 bits per heavy atom. The van der Waals surface area contributed by atoms with Crippen LogP contribution in [-0.4, -0.2) is 22.8 Å². The van der Waals surface area contributed by atoms with Gasteiger partial charge in [-0.1, -0.05) is 6.42 Å². The second kappa shape index (κ2) is 5.71. The first kappa shape index (κ1) is 15.3. The summed E-state index contributed by atoms with van der Waals surface area (Å²) in [6.45, 7) is 0. The van der Waals surface area contributed by atoms with Crippen LogP contribution in [0.2, 0.25) is 0 Å². The largest absolute Gasteiger partial charge is 0.433 e. The number of rotatable bonds is 3. The van der Waals surface area contributed by atoms with Gasteiger partial charge in [0.2, 0.25) is 5.91 Å². The number of hydrogen-bond acceptors (Lipinski definition) is 3. The molecule has 0 saturated heterocycles. The Hall–Kier alpha value is -2.12. The van der Waals surface area contributed by atoms with Gasteiger partial charge in [0, 0.05) is 12.2 Å². The van der Waals surface area contributed by atoms with Gasteiger partial charge in [-0.2, -0.15) is 13.2 Å². The van der Waals surface area contributed by atoms with Gasteiger partial charge in [0.05, 0.1) is 11.5 Å². The van der Waals surface area contributed by atoms with Crippen molar-refractivity contribution in [2.45, 2.75) is 31.5 Å². The molecule has 3 N–H and O–H groups in total. The summed E-state index contributed by atoms with van der Waals surface area (Å²) >= 11 is 0. The Kier molecular flexibility index (Phi) is 4.15. The molecular weight excluding hydrogens is 287 g/mol. The highest BCUT2D eigenvalue weighted by molar-refractivity contribution is 5.94. The van der Waals surface area contributed by atoms with E-state index in [-0.39, 0.29) is 11.6 Å². The van der Waals surface area contributed by atoms with Crippen molar-refractivity contribution >= 4 is 11.8 Å². The summed E-state index contributed by atoms with van der Waals surface area (Å²) in [4.78, 5) is 26.4. The average molecular weight is 301 g/mol. The maximum absolute atomic E-state index is 12.4. The number of amides is 2.